The molecule has 4 heteroatoms. The molecule has 9 rings (SSSR count). The van der Waals surface area contributed by atoms with Crippen LogP contribution in [0.1, 0.15) is 0 Å². The monoisotopic (exact) mass is 541 g/mol. The maximum atomic E-state index is 5.13. The van der Waals surface area contributed by atoms with Gasteiger partial charge in [-0.2, -0.15) is 0 Å². The van der Waals surface area contributed by atoms with Crippen LogP contribution in [0.2, 0.25) is 0 Å². The van der Waals surface area contributed by atoms with E-state index in [2.05, 4.69) is 149 Å². The fraction of sp³-hybridized carbons (Fsp3) is 0. The number of aromatic nitrogens is 3. The topological polar surface area (TPSA) is 22.8 Å². The van der Waals surface area contributed by atoms with Crippen LogP contribution in [0.5, 0.6) is 0 Å². The van der Waals surface area contributed by atoms with Gasteiger partial charge in [-0.1, -0.05) is 84.9 Å². The highest BCUT2D eigenvalue weighted by Crippen LogP contribution is 2.43. The largest absolute Gasteiger partial charge is 0.309 e. The van der Waals surface area contributed by atoms with Gasteiger partial charge < -0.3 is 4.57 Å². The van der Waals surface area contributed by atoms with Crippen LogP contribution in [0.15, 0.2) is 140 Å². The highest BCUT2D eigenvalue weighted by Gasteiger charge is 2.19. The third-order valence-electron chi connectivity index (χ3n) is 8.12. The average Bonchev–Trinajstić information content (AvgIpc) is 3.71. The quantitative estimate of drug-likeness (QED) is 0.218. The lowest BCUT2D eigenvalue weighted by Gasteiger charge is -2.12. The van der Waals surface area contributed by atoms with Gasteiger partial charge in [-0.05, 0) is 54.6 Å². The van der Waals surface area contributed by atoms with Crippen LogP contribution in [0, 0.1) is 0 Å². The molecule has 0 atom stereocenters. The molecule has 3 nitrogen and oxygen atoms in total. The molecule has 3 aromatic heterocycles. The summed E-state index contributed by atoms with van der Waals surface area (Å²) >= 11 is 1.89. The maximum absolute atomic E-state index is 5.13. The Morgan fingerprint density at radius 3 is 2.12 bits per heavy atom. The number of benzene rings is 6. The summed E-state index contributed by atoms with van der Waals surface area (Å²) in [5, 5.41) is 5.25. The molecule has 0 saturated carbocycles. The first kappa shape index (κ1) is 22.6. The number of thiophene rings is 1. The lowest BCUT2D eigenvalue weighted by Crippen LogP contribution is -1.99. The van der Waals surface area contributed by atoms with Crippen molar-refractivity contribution in [2.45, 2.75) is 0 Å². The molecule has 9 aromatic rings. The molecule has 0 N–H and O–H groups in total. The van der Waals surface area contributed by atoms with Gasteiger partial charge in [0.05, 0.1) is 22.1 Å². The van der Waals surface area contributed by atoms with Gasteiger partial charge in [0, 0.05) is 47.9 Å². The first-order valence-electron chi connectivity index (χ1n) is 13.8. The molecule has 0 unspecified atom stereocenters. The van der Waals surface area contributed by atoms with E-state index in [1.165, 1.54) is 42.0 Å². The fourth-order valence-electron chi connectivity index (χ4n) is 6.36. The van der Waals surface area contributed by atoms with Gasteiger partial charge in [0.1, 0.15) is 5.82 Å². The van der Waals surface area contributed by atoms with Crippen molar-refractivity contribution in [2.75, 3.05) is 0 Å². The summed E-state index contributed by atoms with van der Waals surface area (Å²) in [4.78, 5) is 5.13. The molecule has 192 valence electrons. The van der Waals surface area contributed by atoms with Crippen LogP contribution in [-0.4, -0.2) is 14.1 Å². The van der Waals surface area contributed by atoms with E-state index in [0.29, 0.717) is 0 Å². The molecule has 0 saturated heterocycles. The molecule has 0 aliphatic rings. The lowest BCUT2D eigenvalue weighted by atomic mass is 10.1. The Balaban J connectivity index is 1.33. The molecule has 6 aromatic carbocycles. The second kappa shape index (κ2) is 8.65. The summed E-state index contributed by atoms with van der Waals surface area (Å²) < 4.78 is 7.35. The van der Waals surface area contributed by atoms with Gasteiger partial charge in [-0.3, -0.25) is 4.57 Å². The molecular weight excluding hydrogens is 518 g/mol. The van der Waals surface area contributed by atoms with Crippen molar-refractivity contribution in [1.29, 1.82) is 0 Å². The van der Waals surface area contributed by atoms with E-state index in [-0.39, 0.29) is 0 Å². The minimum absolute atomic E-state index is 0.937. The van der Waals surface area contributed by atoms with Crippen molar-refractivity contribution in [3.05, 3.63) is 140 Å². The van der Waals surface area contributed by atoms with Crippen LogP contribution >= 0.6 is 11.3 Å². The summed E-state index contributed by atoms with van der Waals surface area (Å²) in [6.07, 6.45) is 0. The smallest absolute Gasteiger partial charge is 0.145 e. The third kappa shape index (κ3) is 3.28. The molecule has 0 aliphatic heterocycles. The van der Waals surface area contributed by atoms with Crippen LogP contribution in [-0.2, 0) is 0 Å². The van der Waals surface area contributed by atoms with Gasteiger partial charge in [-0.15, -0.1) is 11.3 Å². The van der Waals surface area contributed by atoms with Gasteiger partial charge in [0.2, 0.25) is 0 Å². The van der Waals surface area contributed by atoms with E-state index >= 15 is 0 Å². The zero-order chi connectivity index (χ0) is 26.9. The second-order valence-corrected chi connectivity index (χ2v) is 11.5. The first-order valence-corrected chi connectivity index (χ1v) is 14.6. The summed E-state index contributed by atoms with van der Waals surface area (Å²) in [7, 11) is 0. The number of hydrogen-bond donors (Lipinski definition) is 0. The van der Waals surface area contributed by atoms with Gasteiger partial charge in [0.15, 0.2) is 0 Å². The Bertz CT molecular complexity index is 2420. The van der Waals surface area contributed by atoms with Crippen LogP contribution in [0.4, 0.5) is 0 Å². The summed E-state index contributed by atoms with van der Waals surface area (Å²) in [5.74, 6) is 0.937. The van der Waals surface area contributed by atoms with E-state index < -0.39 is 0 Å². The zero-order valence-electron chi connectivity index (χ0n) is 22.0. The van der Waals surface area contributed by atoms with Gasteiger partial charge in [-0.25, -0.2) is 4.98 Å². The number of para-hydroxylation sites is 4. The van der Waals surface area contributed by atoms with E-state index in [9.17, 15) is 0 Å². The lowest BCUT2D eigenvalue weighted by molar-refractivity contribution is 1.10. The Hall–Kier alpha value is -5.19. The van der Waals surface area contributed by atoms with Gasteiger partial charge in [0.25, 0.3) is 0 Å². The van der Waals surface area contributed by atoms with Crippen molar-refractivity contribution in [3.8, 4) is 22.8 Å². The van der Waals surface area contributed by atoms with Crippen molar-refractivity contribution in [1.82, 2.24) is 14.1 Å². The highest BCUT2D eigenvalue weighted by molar-refractivity contribution is 7.26. The zero-order valence-corrected chi connectivity index (χ0v) is 22.8. The standard InChI is InChI=1S/C37H23N3S/c1-2-12-25(13-3-1)40-32-19-8-6-17-30(32)38-37(40)24-11-10-14-26(23-24)39-31-18-7-4-16-29(31)35-33(39)22-21-28-27-15-5-9-20-34(27)41-36(28)35/h1-23H. The third-order valence-corrected chi connectivity index (χ3v) is 9.32. The van der Waals surface area contributed by atoms with E-state index in [4.69, 9.17) is 4.98 Å². The summed E-state index contributed by atoms with van der Waals surface area (Å²) in [6, 6.07) is 49.8. The average molecular weight is 542 g/mol. The Kier molecular flexibility index (Phi) is 4.77. The van der Waals surface area contributed by atoms with Crippen molar-refractivity contribution in [3.63, 3.8) is 0 Å². The number of hydrogen-bond acceptors (Lipinski definition) is 2. The number of fused-ring (bicyclic) bond motifs is 8. The number of nitrogens with zero attached hydrogens (tertiary/aromatic N) is 3. The molecule has 41 heavy (non-hydrogen) atoms. The molecule has 0 bridgehead atoms. The predicted octanol–water partition coefficient (Wildman–Crippen LogP) is 10.2. The molecular formula is C37H23N3S. The van der Waals surface area contributed by atoms with Crippen molar-refractivity contribution < 1.29 is 0 Å². The summed E-state index contributed by atoms with van der Waals surface area (Å²) in [5.41, 5.74) is 7.83. The second-order valence-electron chi connectivity index (χ2n) is 10.4. The maximum Gasteiger partial charge on any atom is 0.145 e. The highest BCUT2D eigenvalue weighted by atomic mass is 32.1. The Morgan fingerprint density at radius 1 is 0.488 bits per heavy atom. The van der Waals surface area contributed by atoms with E-state index in [1.807, 2.05) is 11.3 Å². The molecule has 0 fully saturated rings. The SMILES string of the molecule is c1ccc(-n2c(-c3cccc(-n4c5ccccc5c5c6sc7ccccc7c6ccc54)c3)nc3ccccc32)cc1. The van der Waals surface area contributed by atoms with E-state index in [0.717, 1.165) is 33.8 Å². The molecule has 0 aliphatic carbocycles. The number of rotatable bonds is 3. The van der Waals surface area contributed by atoms with Crippen molar-refractivity contribution >= 4 is 64.3 Å². The molecule has 0 radical (unpaired) electrons. The Morgan fingerprint density at radius 2 is 1.22 bits per heavy atom. The van der Waals surface area contributed by atoms with Crippen LogP contribution < -0.4 is 0 Å². The Labute approximate surface area is 240 Å². The van der Waals surface area contributed by atoms with Crippen molar-refractivity contribution in [2.24, 2.45) is 0 Å². The van der Waals surface area contributed by atoms with E-state index in [1.54, 1.807) is 0 Å². The normalized spacial score (nSPS) is 11.9. The minimum atomic E-state index is 0.937. The molecule has 0 amide bonds. The van der Waals surface area contributed by atoms with Gasteiger partial charge >= 0.3 is 0 Å². The van der Waals surface area contributed by atoms with Crippen LogP contribution in [0.3, 0.4) is 0 Å². The fourth-order valence-corrected chi connectivity index (χ4v) is 7.61. The first-order chi connectivity index (χ1) is 20.3. The van der Waals surface area contributed by atoms with Crippen LogP contribution in [0.25, 0.3) is 75.8 Å². The minimum Gasteiger partial charge on any atom is -0.309 e. The molecule has 3 heterocycles. The predicted molar refractivity (Wildman–Crippen MR) is 174 cm³/mol. The number of imidazole rings is 1. The summed E-state index contributed by atoms with van der Waals surface area (Å²) in [6.45, 7) is 0. The molecule has 0 spiro atoms.